The fraction of sp³-hybridized carbons (Fsp3) is 0.208. The lowest BCUT2D eigenvalue weighted by Crippen LogP contribution is -2.32. The molecule has 5 nitrogen and oxygen atoms in total. The van der Waals surface area contributed by atoms with Crippen LogP contribution in [0.1, 0.15) is 41.4 Å². The van der Waals surface area contributed by atoms with Crippen molar-refractivity contribution in [3.63, 3.8) is 0 Å². The third-order valence-electron chi connectivity index (χ3n) is 5.07. The van der Waals surface area contributed by atoms with E-state index in [4.69, 9.17) is 11.6 Å². The maximum atomic E-state index is 13.2. The summed E-state index contributed by atoms with van der Waals surface area (Å²) in [4.78, 5) is 13.2. The minimum absolute atomic E-state index is 0.0433. The van der Waals surface area contributed by atoms with E-state index < -0.39 is 22.0 Å². The quantitative estimate of drug-likeness (QED) is 0.524. The Bertz CT molecular complexity index is 1090. The molecule has 0 atom stereocenters. The SMILES string of the molecule is CCN(CC)S(=O)(=O)c1ccc(Cl)c(C(=O)NC(c2ccccc2)c2ccccc2)c1. The Morgan fingerprint density at radius 3 is 1.90 bits per heavy atom. The lowest BCUT2D eigenvalue weighted by molar-refractivity contribution is 0.0943. The van der Waals surface area contributed by atoms with Gasteiger partial charge < -0.3 is 5.32 Å². The number of benzene rings is 3. The predicted octanol–water partition coefficient (Wildman–Crippen LogP) is 4.89. The van der Waals surface area contributed by atoms with Gasteiger partial charge in [0.15, 0.2) is 0 Å². The zero-order chi connectivity index (χ0) is 22.4. The van der Waals surface area contributed by atoms with Gasteiger partial charge in [-0.1, -0.05) is 86.1 Å². The van der Waals surface area contributed by atoms with Crippen LogP contribution in [0.3, 0.4) is 0 Å². The number of nitrogens with zero attached hydrogens (tertiary/aromatic N) is 1. The van der Waals surface area contributed by atoms with Crippen LogP contribution in [-0.4, -0.2) is 31.7 Å². The second-order valence-corrected chi connectivity index (χ2v) is 9.30. The number of halogens is 1. The molecule has 7 heteroatoms. The van der Waals surface area contributed by atoms with Crippen molar-refractivity contribution < 1.29 is 13.2 Å². The molecule has 3 aromatic carbocycles. The summed E-state index contributed by atoms with van der Waals surface area (Å²) < 4.78 is 27.1. The van der Waals surface area contributed by atoms with Crippen molar-refractivity contribution in [2.45, 2.75) is 24.8 Å². The monoisotopic (exact) mass is 456 g/mol. The summed E-state index contributed by atoms with van der Waals surface area (Å²) in [6.07, 6.45) is 0. The maximum Gasteiger partial charge on any atom is 0.253 e. The van der Waals surface area contributed by atoms with Gasteiger partial charge in [0.25, 0.3) is 5.91 Å². The molecule has 0 saturated carbocycles. The minimum Gasteiger partial charge on any atom is -0.341 e. The zero-order valence-electron chi connectivity index (χ0n) is 17.5. The van der Waals surface area contributed by atoms with Gasteiger partial charge in [-0.05, 0) is 29.3 Å². The molecule has 162 valence electrons. The summed E-state index contributed by atoms with van der Waals surface area (Å²) in [5.41, 5.74) is 1.93. The molecule has 0 fully saturated rings. The molecule has 0 aromatic heterocycles. The molecule has 0 aliphatic heterocycles. The molecule has 0 bridgehead atoms. The van der Waals surface area contributed by atoms with Crippen LogP contribution >= 0.6 is 11.6 Å². The first-order chi connectivity index (χ1) is 14.9. The number of carbonyl (C=O) groups excluding carboxylic acids is 1. The second-order valence-electron chi connectivity index (χ2n) is 6.96. The smallest absolute Gasteiger partial charge is 0.253 e. The highest BCUT2D eigenvalue weighted by molar-refractivity contribution is 7.89. The predicted molar refractivity (Wildman–Crippen MR) is 124 cm³/mol. The number of amides is 1. The molecule has 31 heavy (non-hydrogen) atoms. The molecule has 0 aliphatic rings. The van der Waals surface area contributed by atoms with Crippen molar-refractivity contribution in [2.75, 3.05) is 13.1 Å². The van der Waals surface area contributed by atoms with Crippen molar-refractivity contribution in [3.05, 3.63) is 101 Å². The first-order valence-corrected chi connectivity index (χ1v) is 11.9. The molecule has 1 N–H and O–H groups in total. The number of hydrogen-bond donors (Lipinski definition) is 1. The van der Waals surface area contributed by atoms with E-state index in [0.29, 0.717) is 13.1 Å². The van der Waals surface area contributed by atoms with Gasteiger partial charge in [-0.3, -0.25) is 4.79 Å². The molecule has 0 heterocycles. The average molecular weight is 457 g/mol. The van der Waals surface area contributed by atoms with E-state index in [-0.39, 0.29) is 15.5 Å². The molecule has 3 rings (SSSR count). The molecule has 0 radical (unpaired) electrons. The standard InChI is InChI=1S/C24H25ClN2O3S/c1-3-27(4-2)31(29,30)20-15-16-22(25)21(17-20)24(28)26-23(18-11-7-5-8-12-18)19-13-9-6-10-14-19/h5-17,23H,3-4H2,1-2H3,(H,26,28). The summed E-state index contributed by atoms with van der Waals surface area (Å²) in [5.74, 6) is -0.445. The molecule has 3 aromatic rings. The fourth-order valence-corrected chi connectivity index (χ4v) is 5.10. The average Bonchev–Trinajstić information content (AvgIpc) is 2.79. The van der Waals surface area contributed by atoms with Gasteiger partial charge in [-0.15, -0.1) is 0 Å². The van der Waals surface area contributed by atoms with Crippen LogP contribution in [0.25, 0.3) is 0 Å². The Hall–Kier alpha value is -2.67. The van der Waals surface area contributed by atoms with Crippen molar-refractivity contribution in [1.29, 1.82) is 0 Å². The summed E-state index contributed by atoms with van der Waals surface area (Å²) in [6, 6.07) is 23.0. The summed E-state index contributed by atoms with van der Waals surface area (Å²) in [6.45, 7) is 4.23. The van der Waals surface area contributed by atoms with Crippen LogP contribution in [0, 0.1) is 0 Å². The first-order valence-electron chi connectivity index (χ1n) is 10.1. The lowest BCUT2D eigenvalue weighted by atomic mass is 9.98. The van der Waals surface area contributed by atoms with Crippen LogP contribution in [0.2, 0.25) is 5.02 Å². The molecule has 0 unspecified atom stereocenters. The molecular weight excluding hydrogens is 432 g/mol. The number of hydrogen-bond acceptors (Lipinski definition) is 3. The summed E-state index contributed by atoms with van der Waals surface area (Å²) in [7, 11) is -3.71. The Morgan fingerprint density at radius 1 is 0.903 bits per heavy atom. The number of rotatable bonds is 8. The van der Waals surface area contributed by atoms with Gasteiger partial charge in [0.05, 0.1) is 21.5 Å². The summed E-state index contributed by atoms with van der Waals surface area (Å²) >= 11 is 6.29. The van der Waals surface area contributed by atoms with E-state index in [0.717, 1.165) is 11.1 Å². The highest BCUT2D eigenvalue weighted by Crippen LogP contribution is 2.26. The zero-order valence-corrected chi connectivity index (χ0v) is 19.0. The Morgan fingerprint density at radius 2 is 1.42 bits per heavy atom. The number of sulfonamides is 1. The highest BCUT2D eigenvalue weighted by atomic mass is 35.5. The van der Waals surface area contributed by atoms with Crippen LogP contribution in [0.4, 0.5) is 0 Å². The van der Waals surface area contributed by atoms with Crippen LogP contribution in [0.15, 0.2) is 83.8 Å². The van der Waals surface area contributed by atoms with Crippen LogP contribution in [0.5, 0.6) is 0 Å². The topological polar surface area (TPSA) is 66.5 Å². The number of carbonyl (C=O) groups is 1. The van der Waals surface area contributed by atoms with Crippen LogP contribution in [-0.2, 0) is 10.0 Å². The van der Waals surface area contributed by atoms with Gasteiger partial charge in [-0.25, -0.2) is 8.42 Å². The summed E-state index contributed by atoms with van der Waals surface area (Å²) in [5, 5.41) is 3.20. The van der Waals surface area contributed by atoms with Crippen molar-refractivity contribution in [3.8, 4) is 0 Å². The Labute approximate surface area is 188 Å². The van der Waals surface area contributed by atoms with E-state index in [1.807, 2.05) is 60.7 Å². The van der Waals surface area contributed by atoms with Gasteiger partial charge in [0.2, 0.25) is 10.0 Å². The van der Waals surface area contributed by atoms with Crippen molar-refractivity contribution in [1.82, 2.24) is 9.62 Å². The Balaban J connectivity index is 1.98. The van der Waals surface area contributed by atoms with Crippen molar-refractivity contribution in [2.24, 2.45) is 0 Å². The molecule has 0 aliphatic carbocycles. The van der Waals surface area contributed by atoms with Crippen molar-refractivity contribution >= 4 is 27.5 Å². The van der Waals surface area contributed by atoms with Gasteiger partial charge in [0, 0.05) is 13.1 Å². The van der Waals surface area contributed by atoms with Gasteiger partial charge >= 0.3 is 0 Å². The van der Waals surface area contributed by atoms with E-state index in [2.05, 4.69) is 5.32 Å². The normalized spacial score (nSPS) is 11.6. The molecule has 0 saturated heterocycles. The van der Waals surface area contributed by atoms with Crippen LogP contribution < -0.4 is 5.32 Å². The van der Waals surface area contributed by atoms with Gasteiger partial charge in [-0.2, -0.15) is 4.31 Å². The maximum absolute atomic E-state index is 13.2. The van der Waals surface area contributed by atoms with Gasteiger partial charge in [0.1, 0.15) is 0 Å². The number of nitrogens with one attached hydrogen (secondary N) is 1. The molecule has 1 amide bonds. The lowest BCUT2D eigenvalue weighted by Gasteiger charge is -2.21. The second kappa shape index (κ2) is 10.1. The van der Waals surface area contributed by atoms with E-state index in [9.17, 15) is 13.2 Å². The van der Waals surface area contributed by atoms with E-state index in [1.54, 1.807) is 13.8 Å². The first kappa shape index (κ1) is 23.0. The largest absolute Gasteiger partial charge is 0.341 e. The third kappa shape index (κ3) is 5.15. The molecular formula is C24H25ClN2O3S. The third-order valence-corrected chi connectivity index (χ3v) is 7.44. The van der Waals surface area contributed by atoms with E-state index in [1.165, 1.54) is 22.5 Å². The minimum atomic E-state index is -3.71. The fourth-order valence-electron chi connectivity index (χ4n) is 3.41. The highest BCUT2D eigenvalue weighted by Gasteiger charge is 2.25. The molecule has 0 spiro atoms. The van der Waals surface area contributed by atoms with E-state index >= 15 is 0 Å². The Kier molecular flexibility index (Phi) is 7.49.